The summed E-state index contributed by atoms with van der Waals surface area (Å²) in [4.78, 5) is 15.1. The summed E-state index contributed by atoms with van der Waals surface area (Å²) in [6, 6.07) is 12.6. The molecule has 2 aromatic heterocycles. The smallest absolute Gasteiger partial charge is 0.425 e. The van der Waals surface area contributed by atoms with Crippen molar-refractivity contribution in [2.24, 2.45) is 0 Å². The minimum Gasteiger partial charge on any atom is -0.438 e. The lowest BCUT2D eigenvalue weighted by Crippen LogP contribution is -2.09. The Morgan fingerprint density at radius 1 is 1.15 bits per heavy atom. The number of ether oxygens (including phenoxy) is 1. The first-order valence-corrected chi connectivity index (χ1v) is 8.30. The summed E-state index contributed by atoms with van der Waals surface area (Å²) < 4.78 is 43.4. The van der Waals surface area contributed by atoms with Gasteiger partial charge in [0.2, 0.25) is 5.88 Å². The van der Waals surface area contributed by atoms with Crippen molar-refractivity contribution in [2.45, 2.75) is 6.18 Å². The Morgan fingerprint density at radius 2 is 1.88 bits per heavy atom. The van der Waals surface area contributed by atoms with Crippen LogP contribution in [0.4, 0.5) is 13.2 Å². The minimum absolute atomic E-state index is 0.0810. The summed E-state index contributed by atoms with van der Waals surface area (Å²) in [5.74, 6) is -0.0604. The van der Waals surface area contributed by atoms with Crippen LogP contribution in [0.3, 0.4) is 0 Å². The molecule has 0 fully saturated rings. The zero-order valence-electron chi connectivity index (χ0n) is 13.4. The molecule has 1 aromatic carbocycles. The van der Waals surface area contributed by atoms with Crippen LogP contribution in [0.1, 0.15) is 15.2 Å². The average Bonchev–Trinajstić information content (AvgIpc) is 3.10. The molecule has 0 bridgehead atoms. The van der Waals surface area contributed by atoms with Crippen molar-refractivity contribution in [2.75, 3.05) is 7.05 Å². The van der Waals surface area contributed by atoms with Gasteiger partial charge in [-0.25, -0.2) is 4.98 Å². The standard InChI is InChI=1S/C18H12F3N2O2S/c1-22-17(24)12-7-5-11(6-8-12)14-3-2-4-16(23-14)25-13-9-15(26-10-13)18(19,20)21/h2-10H,1H3. The van der Waals surface area contributed by atoms with E-state index in [1.54, 1.807) is 42.5 Å². The molecule has 0 saturated carbocycles. The molecule has 0 unspecified atom stereocenters. The van der Waals surface area contributed by atoms with Crippen molar-refractivity contribution in [3.8, 4) is 22.9 Å². The first-order chi connectivity index (χ1) is 12.4. The molecule has 0 saturated heterocycles. The van der Waals surface area contributed by atoms with Gasteiger partial charge in [-0.3, -0.25) is 10.1 Å². The van der Waals surface area contributed by atoms with Crippen molar-refractivity contribution >= 4 is 17.2 Å². The number of pyridine rings is 1. The van der Waals surface area contributed by atoms with Gasteiger partial charge in [0, 0.05) is 35.7 Å². The van der Waals surface area contributed by atoms with Crippen LogP contribution in [0, 0.1) is 0 Å². The number of aromatic nitrogens is 1. The van der Waals surface area contributed by atoms with E-state index in [9.17, 15) is 18.0 Å². The number of carbonyl (C=O) groups excluding carboxylic acids is 1. The van der Waals surface area contributed by atoms with E-state index in [0.717, 1.165) is 11.6 Å². The zero-order valence-corrected chi connectivity index (χ0v) is 14.3. The van der Waals surface area contributed by atoms with E-state index in [4.69, 9.17) is 4.74 Å². The number of nitrogens with zero attached hydrogens (tertiary/aromatic N) is 2. The third kappa shape index (κ3) is 4.02. The van der Waals surface area contributed by atoms with Crippen LogP contribution < -0.4 is 10.1 Å². The number of hydrogen-bond donors (Lipinski definition) is 0. The number of amides is 1. The first kappa shape index (κ1) is 17.9. The van der Waals surface area contributed by atoms with Crippen molar-refractivity contribution < 1.29 is 22.7 Å². The second kappa shape index (κ2) is 7.17. The molecule has 0 atom stereocenters. The Kier molecular flexibility index (Phi) is 4.94. The van der Waals surface area contributed by atoms with Gasteiger partial charge >= 0.3 is 6.18 Å². The molecule has 1 amide bonds. The highest BCUT2D eigenvalue weighted by molar-refractivity contribution is 7.10. The molecular formula is C18H12F3N2O2S. The predicted molar refractivity (Wildman–Crippen MR) is 91.5 cm³/mol. The number of halogens is 3. The topological polar surface area (TPSA) is 53.3 Å². The van der Waals surface area contributed by atoms with Crippen LogP contribution in [0.15, 0.2) is 53.9 Å². The fourth-order valence-corrected chi connectivity index (χ4v) is 2.86. The normalized spacial score (nSPS) is 11.2. The van der Waals surface area contributed by atoms with E-state index in [2.05, 4.69) is 10.3 Å². The van der Waals surface area contributed by atoms with E-state index < -0.39 is 11.1 Å². The maximum absolute atomic E-state index is 12.6. The maximum Gasteiger partial charge on any atom is 0.425 e. The first-order valence-electron chi connectivity index (χ1n) is 7.42. The number of rotatable bonds is 4. The number of thiophene rings is 1. The number of hydrogen-bond acceptors (Lipinski definition) is 4. The highest BCUT2D eigenvalue weighted by Crippen LogP contribution is 2.37. The largest absolute Gasteiger partial charge is 0.438 e. The molecule has 0 aliphatic heterocycles. The molecule has 0 aliphatic carbocycles. The van der Waals surface area contributed by atoms with Crippen LogP contribution in [0.5, 0.6) is 11.6 Å². The fourth-order valence-electron chi connectivity index (χ4n) is 2.19. The van der Waals surface area contributed by atoms with Gasteiger partial charge in [-0.1, -0.05) is 18.2 Å². The summed E-state index contributed by atoms with van der Waals surface area (Å²) in [6.07, 6.45) is -4.40. The van der Waals surface area contributed by atoms with Gasteiger partial charge in [-0.2, -0.15) is 13.2 Å². The Morgan fingerprint density at radius 3 is 2.50 bits per heavy atom. The Bertz CT molecular complexity index is 921. The molecule has 133 valence electrons. The lowest BCUT2D eigenvalue weighted by molar-refractivity contribution is -0.134. The lowest BCUT2D eigenvalue weighted by Gasteiger charge is -2.06. The van der Waals surface area contributed by atoms with E-state index >= 15 is 0 Å². The van der Waals surface area contributed by atoms with Crippen LogP contribution in [0.2, 0.25) is 0 Å². The van der Waals surface area contributed by atoms with E-state index in [0.29, 0.717) is 22.6 Å². The predicted octanol–water partition coefficient (Wildman–Crippen LogP) is 5.00. The van der Waals surface area contributed by atoms with Gasteiger partial charge in [-0.15, -0.1) is 11.3 Å². The number of benzene rings is 1. The summed E-state index contributed by atoms with van der Waals surface area (Å²) in [6.45, 7) is 0. The molecule has 0 aliphatic rings. The van der Waals surface area contributed by atoms with Crippen LogP contribution in [-0.2, 0) is 6.18 Å². The van der Waals surface area contributed by atoms with Gasteiger partial charge < -0.3 is 4.74 Å². The highest BCUT2D eigenvalue weighted by Gasteiger charge is 2.32. The number of alkyl halides is 3. The Balaban J connectivity index is 1.80. The summed E-state index contributed by atoms with van der Waals surface area (Å²) in [7, 11) is 1.42. The molecule has 4 nitrogen and oxygen atoms in total. The van der Waals surface area contributed by atoms with Crippen molar-refractivity contribution in [3.05, 3.63) is 64.4 Å². The summed E-state index contributed by atoms with van der Waals surface area (Å²) in [5, 5.41) is 4.87. The molecule has 2 heterocycles. The van der Waals surface area contributed by atoms with Crippen molar-refractivity contribution in [1.82, 2.24) is 10.3 Å². The Hall–Kier alpha value is -2.87. The molecule has 0 spiro atoms. The lowest BCUT2D eigenvalue weighted by atomic mass is 10.1. The second-order valence-electron chi connectivity index (χ2n) is 5.21. The molecule has 3 aromatic rings. The van der Waals surface area contributed by atoms with E-state index in [-0.39, 0.29) is 17.5 Å². The number of carbonyl (C=O) groups is 1. The molecule has 0 N–H and O–H groups in total. The van der Waals surface area contributed by atoms with Crippen LogP contribution in [-0.4, -0.2) is 17.9 Å². The quantitative estimate of drug-likeness (QED) is 0.643. The highest BCUT2D eigenvalue weighted by atomic mass is 32.1. The van der Waals surface area contributed by atoms with Gasteiger partial charge in [0.1, 0.15) is 10.6 Å². The second-order valence-corrected chi connectivity index (χ2v) is 6.12. The third-order valence-electron chi connectivity index (χ3n) is 3.43. The van der Waals surface area contributed by atoms with Gasteiger partial charge in [-0.05, 0) is 18.2 Å². The van der Waals surface area contributed by atoms with Crippen molar-refractivity contribution in [1.29, 1.82) is 0 Å². The summed E-state index contributed by atoms with van der Waals surface area (Å²) in [5.41, 5.74) is 1.77. The Labute approximate surface area is 151 Å². The third-order valence-corrected chi connectivity index (χ3v) is 4.38. The van der Waals surface area contributed by atoms with Gasteiger partial charge in [0.25, 0.3) is 5.91 Å². The summed E-state index contributed by atoms with van der Waals surface area (Å²) >= 11 is 0.564. The molecule has 1 radical (unpaired) electrons. The van der Waals surface area contributed by atoms with Crippen LogP contribution >= 0.6 is 11.3 Å². The van der Waals surface area contributed by atoms with E-state index in [1.807, 2.05) is 0 Å². The minimum atomic E-state index is -4.40. The zero-order chi connectivity index (χ0) is 18.7. The molecule has 8 heteroatoms. The molecule has 3 rings (SSSR count). The average molecular weight is 377 g/mol. The fraction of sp³-hybridized carbons (Fsp3) is 0.111. The van der Waals surface area contributed by atoms with Crippen molar-refractivity contribution in [3.63, 3.8) is 0 Å². The van der Waals surface area contributed by atoms with Gasteiger partial charge in [0.15, 0.2) is 0 Å². The molecule has 26 heavy (non-hydrogen) atoms. The van der Waals surface area contributed by atoms with Gasteiger partial charge in [0.05, 0.1) is 5.69 Å². The maximum atomic E-state index is 12.6. The van der Waals surface area contributed by atoms with E-state index in [1.165, 1.54) is 12.4 Å². The van der Waals surface area contributed by atoms with Crippen LogP contribution in [0.25, 0.3) is 11.3 Å². The molecular weight excluding hydrogens is 365 g/mol. The SMILES string of the molecule is C[N]C(=O)c1ccc(-c2cccc(Oc3csc(C(F)(F)F)c3)n2)cc1. The monoisotopic (exact) mass is 377 g/mol.